The summed E-state index contributed by atoms with van der Waals surface area (Å²) in [6.07, 6.45) is 4.98. The Balaban J connectivity index is 2.24. The Kier molecular flexibility index (Phi) is 5.47. The number of ether oxygens (including phenoxy) is 3. The first kappa shape index (κ1) is 18.9. The van der Waals surface area contributed by atoms with Crippen molar-refractivity contribution in [3.05, 3.63) is 71.8 Å². The predicted octanol–water partition coefficient (Wildman–Crippen LogP) is 4.90. The van der Waals surface area contributed by atoms with Crippen LogP contribution < -0.4 is 9.47 Å². The average molecular weight is 364 g/mol. The zero-order valence-electron chi connectivity index (χ0n) is 16.0. The van der Waals surface area contributed by atoms with Crippen LogP contribution in [0.15, 0.2) is 60.7 Å². The number of carbonyl (C=O) groups excluding carboxylic acids is 1. The van der Waals surface area contributed by atoms with Gasteiger partial charge < -0.3 is 14.2 Å². The summed E-state index contributed by atoms with van der Waals surface area (Å²) in [6, 6.07) is 7.76. The van der Waals surface area contributed by atoms with Gasteiger partial charge in [0.15, 0.2) is 0 Å². The van der Waals surface area contributed by atoms with Crippen molar-refractivity contribution in [1.82, 2.24) is 0 Å². The fraction of sp³-hybridized carbons (Fsp3) is 0.261. The molecule has 4 nitrogen and oxygen atoms in total. The van der Waals surface area contributed by atoms with E-state index in [1.54, 1.807) is 14.0 Å². The van der Waals surface area contributed by atoms with E-state index in [1.807, 2.05) is 31.2 Å². The second-order valence-corrected chi connectivity index (χ2v) is 6.74. The minimum Gasteiger partial charge on any atom is -0.460 e. The Morgan fingerprint density at radius 1 is 1.00 bits per heavy atom. The van der Waals surface area contributed by atoms with E-state index in [9.17, 15) is 4.79 Å². The number of hydrogen-bond donors (Lipinski definition) is 0. The third-order valence-electron chi connectivity index (χ3n) is 4.52. The highest BCUT2D eigenvalue weighted by Gasteiger charge is 2.25. The third kappa shape index (κ3) is 3.67. The molecule has 0 heterocycles. The van der Waals surface area contributed by atoms with E-state index >= 15 is 0 Å². The second kappa shape index (κ2) is 7.80. The lowest BCUT2D eigenvalue weighted by Crippen LogP contribution is -2.21. The third-order valence-corrected chi connectivity index (χ3v) is 4.52. The summed E-state index contributed by atoms with van der Waals surface area (Å²) >= 11 is 0. The van der Waals surface area contributed by atoms with Crippen molar-refractivity contribution in [1.29, 1.82) is 0 Å². The number of methoxy groups -OCH3 is 1. The molecule has 4 heteroatoms. The Bertz CT molecular complexity index is 952. The van der Waals surface area contributed by atoms with Crippen LogP contribution in [-0.2, 0) is 22.4 Å². The van der Waals surface area contributed by atoms with Gasteiger partial charge in [0.2, 0.25) is 6.29 Å². The van der Waals surface area contributed by atoms with Gasteiger partial charge in [0, 0.05) is 34.6 Å². The maximum absolute atomic E-state index is 12.2. The first-order chi connectivity index (χ1) is 12.9. The first-order valence-corrected chi connectivity index (χ1v) is 8.88. The molecule has 3 rings (SSSR count). The molecular formula is C23H24O4. The van der Waals surface area contributed by atoms with Crippen molar-refractivity contribution in [2.24, 2.45) is 0 Å². The van der Waals surface area contributed by atoms with Crippen molar-refractivity contribution >= 4 is 16.7 Å². The van der Waals surface area contributed by atoms with Crippen molar-refractivity contribution in [3.63, 3.8) is 0 Å². The molecule has 27 heavy (non-hydrogen) atoms. The molecule has 0 saturated carbocycles. The molecule has 0 spiro atoms. The number of benzene rings is 2. The van der Waals surface area contributed by atoms with Gasteiger partial charge in [-0.2, -0.15) is 0 Å². The van der Waals surface area contributed by atoms with E-state index in [1.165, 1.54) is 0 Å². The minimum atomic E-state index is -0.549. The SMILES string of the molecule is C=C(C)C(=O)Oc1c2c(c(OC(OC)C(=C)C)c3ccccc13)CC=CC2. The smallest absolute Gasteiger partial charge is 0.338 e. The zero-order valence-corrected chi connectivity index (χ0v) is 16.0. The van der Waals surface area contributed by atoms with Gasteiger partial charge in [0.25, 0.3) is 0 Å². The fourth-order valence-electron chi connectivity index (χ4n) is 3.20. The topological polar surface area (TPSA) is 44.8 Å². The molecule has 1 aliphatic rings. The Hall–Kier alpha value is -2.85. The molecule has 0 radical (unpaired) electrons. The molecule has 0 fully saturated rings. The Morgan fingerprint density at radius 2 is 1.56 bits per heavy atom. The maximum Gasteiger partial charge on any atom is 0.338 e. The summed E-state index contributed by atoms with van der Waals surface area (Å²) < 4.78 is 17.4. The van der Waals surface area contributed by atoms with Crippen LogP contribution >= 0.6 is 0 Å². The summed E-state index contributed by atoms with van der Waals surface area (Å²) in [5.74, 6) is 0.895. The lowest BCUT2D eigenvalue weighted by molar-refractivity contribution is -0.130. The van der Waals surface area contributed by atoms with Crippen molar-refractivity contribution < 1.29 is 19.0 Å². The predicted molar refractivity (Wildman–Crippen MR) is 107 cm³/mol. The van der Waals surface area contributed by atoms with Gasteiger partial charge in [0.1, 0.15) is 11.5 Å². The highest BCUT2D eigenvalue weighted by molar-refractivity contribution is 5.99. The molecule has 140 valence electrons. The monoisotopic (exact) mass is 364 g/mol. The molecule has 0 saturated heterocycles. The van der Waals surface area contributed by atoms with Crippen LogP contribution in [-0.4, -0.2) is 19.4 Å². The summed E-state index contributed by atoms with van der Waals surface area (Å²) in [4.78, 5) is 12.2. The van der Waals surface area contributed by atoms with E-state index in [0.717, 1.165) is 33.2 Å². The lowest BCUT2D eigenvalue weighted by atomic mass is 9.90. The number of rotatable bonds is 6. The van der Waals surface area contributed by atoms with Gasteiger partial charge in [0.05, 0.1) is 0 Å². The van der Waals surface area contributed by atoms with Crippen LogP contribution in [0.1, 0.15) is 25.0 Å². The quantitative estimate of drug-likeness (QED) is 0.240. The van der Waals surface area contributed by atoms with Crippen LogP contribution in [0.5, 0.6) is 11.5 Å². The van der Waals surface area contributed by atoms with Crippen LogP contribution in [0.3, 0.4) is 0 Å². The van der Waals surface area contributed by atoms with E-state index in [2.05, 4.69) is 25.3 Å². The van der Waals surface area contributed by atoms with E-state index < -0.39 is 12.3 Å². The molecule has 1 unspecified atom stereocenters. The van der Waals surface area contributed by atoms with Gasteiger partial charge in [-0.1, -0.05) is 49.6 Å². The van der Waals surface area contributed by atoms with Crippen molar-refractivity contribution in [2.45, 2.75) is 33.0 Å². The van der Waals surface area contributed by atoms with Crippen LogP contribution in [0.25, 0.3) is 10.8 Å². The highest BCUT2D eigenvalue weighted by Crippen LogP contribution is 2.43. The number of esters is 1. The van der Waals surface area contributed by atoms with Gasteiger partial charge in [-0.05, 0) is 32.3 Å². The molecule has 2 aromatic carbocycles. The normalized spacial score (nSPS) is 13.7. The Labute approximate surface area is 159 Å². The van der Waals surface area contributed by atoms with Crippen LogP contribution in [0.2, 0.25) is 0 Å². The van der Waals surface area contributed by atoms with Crippen molar-refractivity contribution in [2.75, 3.05) is 7.11 Å². The standard InChI is InChI=1S/C23H24O4/c1-14(2)22(24)26-20-16-10-6-8-12-18(16)21(27-23(25-5)15(3)4)19-13-9-7-11-17(19)20/h6-10,12,23H,1,3,11,13H2,2,4-5H3. The zero-order chi connectivity index (χ0) is 19.6. The minimum absolute atomic E-state index is 0.362. The molecular weight excluding hydrogens is 340 g/mol. The lowest BCUT2D eigenvalue weighted by Gasteiger charge is -2.25. The maximum atomic E-state index is 12.2. The molecule has 1 atom stereocenters. The molecule has 2 aromatic rings. The number of fused-ring (bicyclic) bond motifs is 2. The van der Waals surface area contributed by atoms with Gasteiger partial charge in [-0.3, -0.25) is 0 Å². The summed E-state index contributed by atoms with van der Waals surface area (Å²) in [5, 5.41) is 1.70. The van der Waals surface area contributed by atoms with E-state index in [0.29, 0.717) is 24.2 Å². The molecule has 0 bridgehead atoms. The van der Waals surface area contributed by atoms with Gasteiger partial charge in [-0.15, -0.1) is 0 Å². The molecule has 0 aliphatic heterocycles. The van der Waals surface area contributed by atoms with Gasteiger partial charge >= 0.3 is 5.97 Å². The second-order valence-electron chi connectivity index (χ2n) is 6.74. The number of carbonyl (C=O) groups is 1. The summed E-state index contributed by atoms with van der Waals surface area (Å²) in [6.45, 7) is 11.1. The Morgan fingerprint density at radius 3 is 2.07 bits per heavy atom. The molecule has 0 aromatic heterocycles. The molecule has 1 aliphatic carbocycles. The van der Waals surface area contributed by atoms with Crippen LogP contribution in [0.4, 0.5) is 0 Å². The fourth-order valence-corrected chi connectivity index (χ4v) is 3.20. The summed E-state index contributed by atoms with van der Waals surface area (Å²) in [7, 11) is 1.59. The highest BCUT2D eigenvalue weighted by atomic mass is 16.7. The average Bonchev–Trinajstić information content (AvgIpc) is 2.66. The number of hydrogen-bond acceptors (Lipinski definition) is 4. The van der Waals surface area contributed by atoms with Crippen molar-refractivity contribution in [3.8, 4) is 11.5 Å². The van der Waals surface area contributed by atoms with E-state index in [-0.39, 0.29) is 0 Å². The van der Waals surface area contributed by atoms with E-state index in [4.69, 9.17) is 14.2 Å². The van der Waals surface area contributed by atoms with Gasteiger partial charge in [-0.25, -0.2) is 4.79 Å². The largest absolute Gasteiger partial charge is 0.460 e. The van der Waals surface area contributed by atoms with Crippen LogP contribution in [0, 0.1) is 0 Å². The molecule has 0 N–H and O–H groups in total. The molecule has 0 amide bonds. The summed E-state index contributed by atoms with van der Waals surface area (Å²) in [5.41, 5.74) is 3.10. The first-order valence-electron chi connectivity index (χ1n) is 8.88. The number of allylic oxidation sites excluding steroid dienone is 2.